The van der Waals surface area contributed by atoms with Crippen LogP contribution >= 0.6 is 0 Å². The molecule has 0 saturated heterocycles. The zero-order valence-electron chi connectivity index (χ0n) is 9.90. The Kier molecular flexibility index (Phi) is 4.24. The van der Waals surface area contributed by atoms with E-state index in [-0.39, 0.29) is 5.54 Å². The first-order valence-electron chi connectivity index (χ1n) is 5.35. The van der Waals surface area contributed by atoms with Crippen LogP contribution in [0, 0.1) is 0 Å². The molecule has 0 radical (unpaired) electrons. The Labute approximate surface area is 92.3 Å². The molecule has 84 valence electrons. The summed E-state index contributed by atoms with van der Waals surface area (Å²) in [4.78, 5) is 6.53. The number of hydrogen-bond donors (Lipinski definition) is 1. The molecule has 0 fully saturated rings. The highest BCUT2D eigenvalue weighted by Gasteiger charge is 2.13. The van der Waals surface area contributed by atoms with E-state index in [0.717, 1.165) is 25.2 Å². The standard InChI is InChI=1S/C12H21N3/c1-12(2,13)10-15(3)9-7-11-6-4-5-8-14-11/h4-6,8H,7,9-10,13H2,1-3H3. The molecule has 0 atom stereocenters. The molecule has 0 unspecified atom stereocenters. The molecule has 0 aromatic carbocycles. The molecule has 0 saturated carbocycles. The maximum absolute atomic E-state index is 5.95. The zero-order chi connectivity index (χ0) is 11.3. The third-order valence-corrected chi connectivity index (χ3v) is 2.15. The third kappa shape index (κ3) is 5.50. The van der Waals surface area contributed by atoms with Crippen molar-refractivity contribution in [2.24, 2.45) is 5.73 Å². The average Bonchev–Trinajstić information content (AvgIpc) is 2.14. The van der Waals surface area contributed by atoms with Gasteiger partial charge in [0.25, 0.3) is 0 Å². The molecule has 0 spiro atoms. The second-order valence-electron chi connectivity index (χ2n) is 4.80. The van der Waals surface area contributed by atoms with Gasteiger partial charge in [-0.1, -0.05) is 6.07 Å². The Morgan fingerprint density at radius 2 is 2.13 bits per heavy atom. The van der Waals surface area contributed by atoms with Crippen LogP contribution in [0.4, 0.5) is 0 Å². The average molecular weight is 207 g/mol. The molecular formula is C12H21N3. The van der Waals surface area contributed by atoms with Gasteiger partial charge in [-0.05, 0) is 33.0 Å². The lowest BCUT2D eigenvalue weighted by atomic mass is 10.1. The number of nitrogens with zero attached hydrogens (tertiary/aromatic N) is 2. The van der Waals surface area contributed by atoms with E-state index in [4.69, 9.17) is 5.73 Å². The number of rotatable bonds is 5. The maximum Gasteiger partial charge on any atom is 0.0416 e. The SMILES string of the molecule is CN(CCc1ccccn1)CC(C)(C)N. The van der Waals surface area contributed by atoms with Crippen molar-refractivity contribution in [3.63, 3.8) is 0 Å². The fourth-order valence-electron chi connectivity index (χ4n) is 1.63. The van der Waals surface area contributed by atoms with Crippen LogP contribution in [-0.4, -0.2) is 35.6 Å². The van der Waals surface area contributed by atoms with Crippen LogP contribution in [0.25, 0.3) is 0 Å². The Morgan fingerprint density at radius 3 is 2.67 bits per heavy atom. The first-order valence-corrected chi connectivity index (χ1v) is 5.35. The molecule has 0 aliphatic heterocycles. The van der Waals surface area contributed by atoms with Gasteiger partial charge in [-0.3, -0.25) is 4.98 Å². The van der Waals surface area contributed by atoms with Crippen molar-refractivity contribution in [2.75, 3.05) is 20.1 Å². The van der Waals surface area contributed by atoms with Gasteiger partial charge in [-0.25, -0.2) is 0 Å². The summed E-state index contributed by atoms with van der Waals surface area (Å²) in [5.41, 5.74) is 6.96. The summed E-state index contributed by atoms with van der Waals surface area (Å²) in [6, 6.07) is 6.02. The van der Waals surface area contributed by atoms with Gasteiger partial charge < -0.3 is 10.6 Å². The predicted octanol–water partition coefficient (Wildman–Crippen LogP) is 1.29. The third-order valence-electron chi connectivity index (χ3n) is 2.15. The smallest absolute Gasteiger partial charge is 0.0416 e. The van der Waals surface area contributed by atoms with E-state index >= 15 is 0 Å². The molecule has 1 aromatic rings. The van der Waals surface area contributed by atoms with Crippen LogP contribution in [0.2, 0.25) is 0 Å². The lowest BCUT2D eigenvalue weighted by Crippen LogP contribution is -2.44. The highest BCUT2D eigenvalue weighted by molar-refractivity contribution is 5.03. The molecule has 3 heteroatoms. The van der Waals surface area contributed by atoms with Gasteiger partial charge in [0, 0.05) is 36.9 Å². The summed E-state index contributed by atoms with van der Waals surface area (Å²) in [6.07, 6.45) is 2.82. The summed E-state index contributed by atoms with van der Waals surface area (Å²) in [7, 11) is 2.09. The van der Waals surface area contributed by atoms with E-state index in [0.29, 0.717) is 0 Å². The highest BCUT2D eigenvalue weighted by Crippen LogP contribution is 2.01. The van der Waals surface area contributed by atoms with Crippen LogP contribution in [-0.2, 0) is 6.42 Å². The largest absolute Gasteiger partial charge is 0.324 e. The summed E-state index contributed by atoms with van der Waals surface area (Å²) >= 11 is 0. The summed E-state index contributed by atoms with van der Waals surface area (Å²) in [6.45, 7) is 5.99. The monoisotopic (exact) mass is 207 g/mol. The van der Waals surface area contributed by atoms with Crippen LogP contribution in [0.5, 0.6) is 0 Å². The van der Waals surface area contributed by atoms with E-state index in [1.807, 2.05) is 32.2 Å². The van der Waals surface area contributed by atoms with E-state index < -0.39 is 0 Å². The molecule has 3 nitrogen and oxygen atoms in total. The van der Waals surface area contributed by atoms with Crippen LogP contribution in [0.1, 0.15) is 19.5 Å². The number of likely N-dealkylation sites (N-methyl/N-ethyl adjacent to an activating group) is 1. The number of nitrogens with two attached hydrogens (primary N) is 1. The first kappa shape index (κ1) is 12.1. The second kappa shape index (κ2) is 5.24. The Morgan fingerprint density at radius 1 is 1.40 bits per heavy atom. The summed E-state index contributed by atoms with van der Waals surface area (Å²) in [5, 5.41) is 0. The maximum atomic E-state index is 5.95. The number of pyridine rings is 1. The van der Waals surface area contributed by atoms with Crippen molar-refractivity contribution < 1.29 is 0 Å². The molecule has 0 amide bonds. The molecular weight excluding hydrogens is 186 g/mol. The molecule has 0 aliphatic rings. The van der Waals surface area contributed by atoms with Crippen molar-refractivity contribution in [2.45, 2.75) is 25.8 Å². The molecule has 0 aliphatic carbocycles. The van der Waals surface area contributed by atoms with Gasteiger partial charge in [0.15, 0.2) is 0 Å². The van der Waals surface area contributed by atoms with Crippen molar-refractivity contribution in [1.82, 2.24) is 9.88 Å². The Balaban J connectivity index is 2.32. The molecule has 2 N–H and O–H groups in total. The minimum atomic E-state index is -0.126. The molecule has 1 heterocycles. The van der Waals surface area contributed by atoms with Gasteiger partial charge in [0.2, 0.25) is 0 Å². The van der Waals surface area contributed by atoms with Gasteiger partial charge in [-0.2, -0.15) is 0 Å². The molecule has 0 bridgehead atoms. The Bertz CT molecular complexity index is 277. The van der Waals surface area contributed by atoms with Crippen molar-refractivity contribution in [3.8, 4) is 0 Å². The highest BCUT2D eigenvalue weighted by atomic mass is 15.1. The van der Waals surface area contributed by atoms with Crippen LogP contribution < -0.4 is 5.73 Å². The van der Waals surface area contributed by atoms with E-state index in [2.05, 4.69) is 23.0 Å². The van der Waals surface area contributed by atoms with Gasteiger partial charge >= 0.3 is 0 Å². The van der Waals surface area contributed by atoms with Gasteiger partial charge in [-0.15, -0.1) is 0 Å². The fourth-order valence-corrected chi connectivity index (χ4v) is 1.63. The Hall–Kier alpha value is -0.930. The minimum absolute atomic E-state index is 0.126. The van der Waals surface area contributed by atoms with Gasteiger partial charge in [0.1, 0.15) is 0 Å². The van der Waals surface area contributed by atoms with E-state index in [1.165, 1.54) is 0 Å². The summed E-state index contributed by atoms with van der Waals surface area (Å²) < 4.78 is 0. The van der Waals surface area contributed by atoms with Crippen LogP contribution in [0.15, 0.2) is 24.4 Å². The summed E-state index contributed by atoms with van der Waals surface area (Å²) in [5.74, 6) is 0. The zero-order valence-corrected chi connectivity index (χ0v) is 9.90. The fraction of sp³-hybridized carbons (Fsp3) is 0.583. The van der Waals surface area contributed by atoms with Crippen LogP contribution in [0.3, 0.4) is 0 Å². The topological polar surface area (TPSA) is 42.2 Å². The first-order chi connectivity index (χ1) is 6.97. The molecule has 15 heavy (non-hydrogen) atoms. The number of aromatic nitrogens is 1. The van der Waals surface area contributed by atoms with Crippen molar-refractivity contribution in [1.29, 1.82) is 0 Å². The van der Waals surface area contributed by atoms with Crippen molar-refractivity contribution in [3.05, 3.63) is 30.1 Å². The number of hydrogen-bond acceptors (Lipinski definition) is 3. The molecule has 1 rings (SSSR count). The lowest BCUT2D eigenvalue weighted by molar-refractivity contribution is 0.272. The molecule has 1 aromatic heterocycles. The predicted molar refractivity (Wildman–Crippen MR) is 63.7 cm³/mol. The van der Waals surface area contributed by atoms with E-state index in [9.17, 15) is 0 Å². The second-order valence-corrected chi connectivity index (χ2v) is 4.80. The normalized spacial score (nSPS) is 12.1. The van der Waals surface area contributed by atoms with Crippen molar-refractivity contribution >= 4 is 0 Å². The quantitative estimate of drug-likeness (QED) is 0.791. The lowest BCUT2D eigenvalue weighted by Gasteiger charge is -2.26. The minimum Gasteiger partial charge on any atom is -0.324 e. The van der Waals surface area contributed by atoms with E-state index in [1.54, 1.807) is 0 Å². The van der Waals surface area contributed by atoms with Gasteiger partial charge in [0.05, 0.1) is 0 Å².